The molecule has 5 heavy (non-hydrogen) atoms. The third-order valence-corrected chi connectivity index (χ3v) is 0. The number of hydrogen-bond acceptors (Lipinski definition) is 0. The van der Waals surface area contributed by atoms with Crippen molar-refractivity contribution >= 4 is 63.7 Å². The lowest BCUT2D eigenvalue weighted by Crippen LogP contribution is -1.86. The molecule has 0 N–H and O–H groups in total. The summed E-state index contributed by atoms with van der Waals surface area (Å²) in [6, 6.07) is 0. The number of hydrogen-bond donors (Lipinski definition) is 0. The normalized spacial score (nSPS) is 12.0. The van der Waals surface area contributed by atoms with Crippen LogP contribution in [0.5, 0.6) is 0 Å². The van der Waals surface area contributed by atoms with Crippen LogP contribution < -0.4 is 0 Å². The minimum atomic E-state index is -1.36. The van der Waals surface area contributed by atoms with E-state index < -0.39 is 2.55 Å². The highest BCUT2D eigenvalue weighted by Gasteiger charge is 2.14. The van der Waals surface area contributed by atoms with E-state index >= 15 is 0 Å². The number of rotatable bonds is 0. The monoisotopic (exact) mass is 344 g/mol. The molecule has 0 unspecified atom stereocenters. The van der Waals surface area contributed by atoms with Gasteiger partial charge in [0, 0.05) is 0 Å². The Balaban J connectivity index is 3.02. The van der Waals surface area contributed by atoms with Crippen LogP contribution in [0.2, 0.25) is 0 Å². The first-order chi connectivity index (χ1) is 2.00. The Labute approximate surface area is 63.0 Å². The van der Waals surface area contributed by atoms with Crippen LogP contribution in [0, 0.1) is 0 Å². The molecule has 0 saturated heterocycles. The van der Waals surface area contributed by atoms with Gasteiger partial charge in [0.25, 0.3) is 0 Å². The van der Waals surface area contributed by atoms with Gasteiger partial charge in [-0.1, -0.05) is 61.2 Å². The summed E-state index contributed by atoms with van der Waals surface area (Å²) >= 11 is 13.1. The molecular weight excluding hydrogens is 348 g/mol. The van der Waals surface area contributed by atoms with E-state index in [0.29, 0.717) is 0 Å². The summed E-state index contributed by atoms with van der Waals surface area (Å²) in [4.78, 5) is 0. The van der Waals surface area contributed by atoms with Gasteiger partial charge in [-0.15, -0.1) is 0 Å². The maximum absolute atomic E-state index is 3.26. The fourth-order valence-electron chi connectivity index (χ4n) is 0. The highest BCUT2D eigenvalue weighted by atomic mass is 80.0. The van der Waals surface area contributed by atoms with Crippen LogP contribution >= 0.6 is 61.2 Å². The molecule has 32 valence electrons. The van der Waals surface area contributed by atoms with Crippen molar-refractivity contribution in [3.8, 4) is 0 Å². The van der Waals surface area contributed by atoms with Crippen LogP contribution in [0.1, 0.15) is 0 Å². The first-order valence-electron chi connectivity index (χ1n) is 0.756. The van der Waals surface area contributed by atoms with E-state index in [4.69, 9.17) is 0 Å². The van der Waals surface area contributed by atoms with E-state index in [1.807, 2.05) is 0 Å². The SMILES string of the molecule is Br[Si](Br)(Br)Br. The van der Waals surface area contributed by atoms with Gasteiger partial charge in [0.1, 0.15) is 0 Å². The predicted octanol–water partition coefficient (Wildman–Crippen LogP) is 3.00. The molecule has 0 bridgehead atoms. The largest absolute Gasteiger partial charge is 0.336 e. The van der Waals surface area contributed by atoms with E-state index in [-0.39, 0.29) is 0 Å². The Bertz CT molecular complexity index is 19.1. The molecule has 0 fully saturated rings. The first-order valence-corrected chi connectivity index (χ1v) is 11.8. The van der Waals surface area contributed by atoms with Crippen molar-refractivity contribution in [1.29, 1.82) is 0 Å². The fraction of sp³-hybridized carbons (Fsp3) is 0. The first kappa shape index (κ1) is 7.14. The van der Waals surface area contributed by atoms with Crippen LogP contribution in [0.4, 0.5) is 0 Å². The molecule has 0 nitrogen and oxygen atoms in total. The third-order valence-electron chi connectivity index (χ3n) is 0. The Morgan fingerprint density at radius 2 is 0.800 bits per heavy atom. The van der Waals surface area contributed by atoms with Gasteiger partial charge in [0.2, 0.25) is 0 Å². The van der Waals surface area contributed by atoms with Gasteiger partial charge in [-0.3, -0.25) is 0 Å². The van der Waals surface area contributed by atoms with Gasteiger partial charge in [0.15, 0.2) is 0 Å². The summed E-state index contributed by atoms with van der Waals surface area (Å²) in [5.74, 6) is 0. The molecule has 0 aliphatic carbocycles. The molecule has 0 radical (unpaired) electrons. The summed E-state index contributed by atoms with van der Waals surface area (Å²) in [6.45, 7) is 0. The van der Waals surface area contributed by atoms with Gasteiger partial charge in [-0.05, 0) is 0 Å². The smallest absolute Gasteiger partial charge is 0.0840 e. The van der Waals surface area contributed by atoms with Crippen molar-refractivity contribution in [3.05, 3.63) is 0 Å². The molecule has 5 heteroatoms. The molecule has 0 saturated carbocycles. The zero-order valence-corrected chi connectivity index (χ0v) is 9.36. The van der Waals surface area contributed by atoms with Gasteiger partial charge in [-0.2, -0.15) is 0 Å². The molecule has 0 aromatic rings. The number of halogens is 4. The zero-order valence-electron chi connectivity index (χ0n) is 2.01. The Morgan fingerprint density at radius 1 is 0.800 bits per heavy atom. The van der Waals surface area contributed by atoms with Crippen molar-refractivity contribution in [2.24, 2.45) is 0 Å². The average Bonchev–Trinajstić information content (AvgIpc) is 0.722. The minimum absolute atomic E-state index is 1.36. The minimum Gasteiger partial charge on any atom is -0.0840 e. The van der Waals surface area contributed by atoms with Gasteiger partial charge < -0.3 is 0 Å². The van der Waals surface area contributed by atoms with Crippen molar-refractivity contribution < 1.29 is 0 Å². The third kappa shape index (κ3) is 23.0. The van der Waals surface area contributed by atoms with E-state index in [2.05, 4.69) is 61.2 Å². The second-order valence-electron chi connectivity index (χ2n) is 0.429. The summed E-state index contributed by atoms with van der Waals surface area (Å²) < 4.78 is -1.36. The van der Waals surface area contributed by atoms with Crippen LogP contribution in [-0.4, -0.2) is 2.55 Å². The standard InChI is InChI=1S/Br4Si/c1-5(2,3)4. The Kier molecular flexibility index (Phi) is 3.49. The Hall–Kier alpha value is 2.14. The molecule has 0 amide bonds. The summed E-state index contributed by atoms with van der Waals surface area (Å²) in [5, 5.41) is 0. The fourth-order valence-corrected chi connectivity index (χ4v) is 0. The van der Waals surface area contributed by atoms with Crippen LogP contribution in [-0.2, 0) is 0 Å². The second-order valence-corrected chi connectivity index (χ2v) is 34.7. The molecule has 0 aliphatic heterocycles. The molecular formula is Br4Si. The van der Waals surface area contributed by atoms with Crippen molar-refractivity contribution in [3.63, 3.8) is 0 Å². The van der Waals surface area contributed by atoms with Gasteiger partial charge >= 0.3 is 2.55 Å². The van der Waals surface area contributed by atoms with Crippen molar-refractivity contribution in [2.75, 3.05) is 0 Å². The van der Waals surface area contributed by atoms with Crippen molar-refractivity contribution in [1.82, 2.24) is 0 Å². The average molecular weight is 348 g/mol. The maximum Gasteiger partial charge on any atom is 0.336 e. The maximum atomic E-state index is 3.26. The molecule has 0 spiro atoms. The highest BCUT2D eigenvalue weighted by molar-refractivity contribution is 9.90. The van der Waals surface area contributed by atoms with E-state index in [9.17, 15) is 0 Å². The Morgan fingerprint density at radius 3 is 0.800 bits per heavy atom. The summed E-state index contributed by atoms with van der Waals surface area (Å²) in [7, 11) is 0. The summed E-state index contributed by atoms with van der Waals surface area (Å²) in [5.41, 5.74) is 0. The van der Waals surface area contributed by atoms with Gasteiger partial charge in [0.05, 0.1) is 0 Å². The van der Waals surface area contributed by atoms with Crippen LogP contribution in [0.3, 0.4) is 0 Å². The molecule has 0 rings (SSSR count). The van der Waals surface area contributed by atoms with E-state index in [1.165, 1.54) is 0 Å². The van der Waals surface area contributed by atoms with E-state index in [1.54, 1.807) is 0 Å². The lowest BCUT2D eigenvalue weighted by atomic mass is 28.0. The summed E-state index contributed by atoms with van der Waals surface area (Å²) in [6.07, 6.45) is 0. The van der Waals surface area contributed by atoms with Crippen molar-refractivity contribution in [2.45, 2.75) is 0 Å². The molecule has 0 aliphatic rings. The molecule has 0 aromatic heterocycles. The lowest BCUT2D eigenvalue weighted by Gasteiger charge is -1.88. The molecule has 0 heterocycles. The lowest BCUT2D eigenvalue weighted by molar-refractivity contribution is 4.79. The zero-order chi connectivity index (χ0) is 4.50. The topological polar surface area (TPSA) is 0 Å². The second kappa shape index (κ2) is 2.45. The van der Waals surface area contributed by atoms with E-state index in [0.717, 1.165) is 0 Å². The van der Waals surface area contributed by atoms with Crippen LogP contribution in [0.25, 0.3) is 0 Å². The van der Waals surface area contributed by atoms with Crippen LogP contribution in [0.15, 0.2) is 0 Å². The molecule has 0 aromatic carbocycles. The highest BCUT2D eigenvalue weighted by Crippen LogP contribution is 2.33. The van der Waals surface area contributed by atoms with Gasteiger partial charge in [-0.25, -0.2) is 0 Å². The molecule has 0 atom stereocenters. The predicted molar refractivity (Wildman–Crippen MR) is 41.5 cm³/mol. The quantitative estimate of drug-likeness (QED) is 0.467.